The molecule has 0 radical (unpaired) electrons. The maximum atomic E-state index is 5.36. The van der Waals surface area contributed by atoms with Crippen LogP contribution in [0.3, 0.4) is 0 Å². The lowest BCUT2D eigenvalue weighted by Gasteiger charge is -2.09. The summed E-state index contributed by atoms with van der Waals surface area (Å²) >= 11 is 5.36. The molecule has 1 heterocycles. The minimum atomic E-state index is 0.552. The predicted molar refractivity (Wildman–Crippen MR) is 104 cm³/mol. The number of hydrogen-bond donors (Lipinski definition) is 2. The number of rotatable bonds is 4. The Morgan fingerprint density at radius 3 is 2.62 bits per heavy atom. The molecule has 0 saturated heterocycles. The second kappa shape index (κ2) is 7.27. The molecule has 0 aliphatic rings. The zero-order valence-electron chi connectivity index (χ0n) is 13.8. The van der Waals surface area contributed by atoms with E-state index in [-0.39, 0.29) is 0 Å². The van der Waals surface area contributed by atoms with Gasteiger partial charge in [-0.2, -0.15) is 5.10 Å². The highest BCUT2D eigenvalue weighted by molar-refractivity contribution is 7.80. The molecule has 3 aromatic rings. The smallest absolute Gasteiger partial charge is 0.175 e. The standard InChI is InChI=1S/C19H20N4S/c1-14-6-5-9-17(10-14)21-19(24)22-18-11-20-23(13-18)12-16-8-4-3-7-15(16)2/h3-11,13H,12H2,1-2H3,(H2,21,22,24). The van der Waals surface area contributed by atoms with Crippen molar-refractivity contribution in [2.45, 2.75) is 20.4 Å². The predicted octanol–water partition coefficient (Wildman–Crippen LogP) is 4.36. The average Bonchev–Trinajstić information content (AvgIpc) is 2.96. The van der Waals surface area contributed by atoms with E-state index in [9.17, 15) is 0 Å². The normalized spacial score (nSPS) is 10.4. The number of benzene rings is 2. The van der Waals surface area contributed by atoms with Crippen molar-refractivity contribution in [1.29, 1.82) is 0 Å². The highest BCUT2D eigenvalue weighted by atomic mass is 32.1. The second-order valence-corrected chi connectivity index (χ2v) is 6.21. The van der Waals surface area contributed by atoms with Gasteiger partial charge in [0.15, 0.2) is 5.11 Å². The Labute approximate surface area is 147 Å². The molecule has 0 amide bonds. The van der Waals surface area contributed by atoms with Gasteiger partial charge in [0.2, 0.25) is 0 Å². The Morgan fingerprint density at radius 1 is 1.04 bits per heavy atom. The summed E-state index contributed by atoms with van der Waals surface area (Å²) in [4.78, 5) is 0. The minimum Gasteiger partial charge on any atom is -0.332 e. The molecule has 0 atom stereocenters. The van der Waals surface area contributed by atoms with E-state index in [4.69, 9.17) is 12.2 Å². The van der Waals surface area contributed by atoms with Gasteiger partial charge in [-0.05, 0) is 54.9 Å². The third kappa shape index (κ3) is 4.20. The van der Waals surface area contributed by atoms with E-state index in [0.717, 1.165) is 17.9 Å². The second-order valence-electron chi connectivity index (χ2n) is 5.80. The number of aryl methyl sites for hydroxylation is 2. The largest absolute Gasteiger partial charge is 0.332 e. The van der Waals surface area contributed by atoms with Crippen LogP contribution in [0, 0.1) is 13.8 Å². The van der Waals surface area contributed by atoms with E-state index in [2.05, 4.69) is 53.8 Å². The van der Waals surface area contributed by atoms with Crippen LogP contribution in [-0.4, -0.2) is 14.9 Å². The van der Waals surface area contributed by atoms with Gasteiger partial charge in [0.1, 0.15) is 0 Å². The number of anilines is 2. The van der Waals surface area contributed by atoms with Crippen molar-refractivity contribution in [2.75, 3.05) is 10.6 Å². The Balaban J connectivity index is 1.61. The van der Waals surface area contributed by atoms with Gasteiger partial charge < -0.3 is 10.6 Å². The lowest BCUT2D eigenvalue weighted by Crippen LogP contribution is -2.18. The molecule has 0 saturated carbocycles. The van der Waals surface area contributed by atoms with Gasteiger partial charge in [0, 0.05) is 11.9 Å². The molecule has 2 N–H and O–H groups in total. The van der Waals surface area contributed by atoms with Gasteiger partial charge in [0.25, 0.3) is 0 Å². The molecule has 4 nitrogen and oxygen atoms in total. The van der Waals surface area contributed by atoms with Crippen LogP contribution in [0.2, 0.25) is 0 Å². The summed E-state index contributed by atoms with van der Waals surface area (Å²) in [6, 6.07) is 16.4. The zero-order chi connectivity index (χ0) is 16.9. The zero-order valence-corrected chi connectivity index (χ0v) is 14.6. The van der Waals surface area contributed by atoms with Crippen LogP contribution in [0.15, 0.2) is 60.9 Å². The SMILES string of the molecule is Cc1cccc(NC(=S)Nc2cnn(Cc3ccccc3C)c2)c1. The van der Waals surface area contributed by atoms with E-state index < -0.39 is 0 Å². The molecule has 1 aromatic heterocycles. The van der Waals surface area contributed by atoms with Gasteiger partial charge >= 0.3 is 0 Å². The molecular weight excluding hydrogens is 316 g/mol. The minimum absolute atomic E-state index is 0.552. The Morgan fingerprint density at radius 2 is 1.83 bits per heavy atom. The van der Waals surface area contributed by atoms with Crippen molar-refractivity contribution in [1.82, 2.24) is 9.78 Å². The van der Waals surface area contributed by atoms with Crippen LogP contribution in [-0.2, 0) is 6.54 Å². The average molecular weight is 336 g/mol. The summed E-state index contributed by atoms with van der Waals surface area (Å²) in [6.45, 7) is 4.91. The number of nitrogens with zero attached hydrogens (tertiary/aromatic N) is 2. The summed E-state index contributed by atoms with van der Waals surface area (Å²) in [5.74, 6) is 0. The third-order valence-corrected chi connectivity index (χ3v) is 3.96. The van der Waals surface area contributed by atoms with E-state index >= 15 is 0 Å². The fourth-order valence-electron chi connectivity index (χ4n) is 2.49. The van der Waals surface area contributed by atoms with Crippen molar-refractivity contribution in [2.24, 2.45) is 0 Å². The monoisotopic (exact) mass is 336 g/mol. The van der Waals surface area contributed by atoms with E-state index in [0.29, 0.717) is 5.11 Å². The molecule has 5 heteroatoms. The number of nitrogens with one attached hydrogen (secondary N) is 2. The summed E-state index contributed by atoms with van der Waals surface area (Å²) in [7, 11) is 0. The van der Waals surface area contributed by atoms with Crippen molar-refractivity contribution >= 4 is 28.7 Å². The first-order valence-electron chi connectivity index (χ1n) is 7.82. The molecular formula is C19H20N4S. The number of aromatic nitrogens is 2. The third-order valence-electron chi connectivity index (χ3n) is 3.76. The van der Waals surface area contributed by atoms with Crippen LogP contribution in [0.25, 0.3) is 0 Å². The molecule has 24 heavy (non-hydrogen) atoms. The van der Waals surface area contributed by atoms with E-state index in [1.54, 1.807) is 6.20 Å². The summed E-state index contributed by atoms with van der Waals surface area (Å²) in [6.07, 6.45) is 3.74. The van der Waals surface area contributed by atoms with Crippen LogP contribution in [0.1, 0.15) is 16.7 Å². The fourth-order valence-corrected chi connectivity index (χ4v) is 2.73. The molecule has 2 aromatic carbocycles. The van der Waals surface area contributed by atoms with Crippen molar-refractivity contribution in [3.05, 3.63) is 77.6 Å². The number of thiocarbonyl (C=S) groups is 1. The first-order valence-corrected chi connectivity index (χ1v) is 8.22. The molecule has 0 aliphatic heterocycles. The van der Waals surface area contributed by atoms with Crippen molar-refractivity contribution in [3.8, 4) is 0 Å². The van der Waals surface area contributed by atoms with Crippen molar-refractivity contribution in [3.63, 3.8) is 0 Å². The quantitative estimate of drug-likeness (QED) is 0.695. The molecule has 122 valence electrons. The maximum Gasteiger partial charge on any atom is 0.175 e. The van der Waals surface area contributed by atoms with Gasteiger partial charge in [-0.1, -0.05) is 36.4 Å². The van der Waals surface area contributed by atoms with Crippen LogP contribution in [0.4, 0.5) is 11.4 Å². The van der Waals surface area contributed by atoms with Crippen LogP contribution in [0.5, 0.6) is 0 Å². The first kappa shape index (κ1) is 16.2. The van der Waals surface area contributed by atoms with Crippen LogP contribution >= 0.6 is 12.2 Å². The molecule has 0 fully saturated rings. The van der Waals surface area contributed by atoms with E-state index in [1.807, 2.05) is 35.1 Å². The number of hydrogen-bond acceptors (Lipinski definition) is 2. The van der Waals surface area contributed by atoms with Crippen LogP contribution < -0.4 is 10.6 Å². The van der Waals surface area contributed by atoms with Crippen molar-refractivity contribution < 1.29 is 0 Å². The van der Waals surface area contributed by atoms with Gasteiger partial charge in [-0.3, -0.25) is 4.68 Å². The topological polar surface area (TPSA) is 41.9 Å². The summed E-state index contributed by atoms with van der Waals surface area (Å²) in [5, 5.41) is 11.3. The van der Waals surface area contributed by atoms with Gasteiger partial charge in [0.05, 0.1) is 18.4 Å². The molecule has 0 aliphatic carbocycles. The first-order chi connectivity index (χ1) is 11.6. The molecule has 0 spiro atoms. The lowest BCUT2D eigenvalue weighted by atomic mass is 10.1. The summed E-state index contributed by atoms with van der Waals surface area (Å²) in [5.41, 5.74) is 5.55. The Hall–Kier alpha value is -2.66. The maximum absolute atomic E-state index is 5.36. The molecule has 0 unspecified atom stereocenters. The summed E-state index contributed by atoms with van der Waals surface area (Å²) < 4.78 is 1.90. The van der Waals surface area contributed by atoms with Gasteiger partial charge in [-0.25, -0.2) is 0 Å². The van der Waals surface area contributed by atoms with E-state index in [1.165, 1.54) is 16.7 Å². The molecule has 3 rings (SSSR count). The molecule has 0 bridgehead atoms. The highest BCUT2D eigenvalue weighted by Crippen LogP contribution is 2.13. The Kier molecular flexibility index (Phi) is 4.91. The Bertz CT molecular complexity index is 854. The lowest BCUT2D eigenvalue weighted by molar-refractivity contribution is 0.684. The highest BCUT2D eigenvalue weighted by Gasteiger charge is 2.04. The fraction of sp³-hybridized carbons (Fsp3) is 0.158. The van der Waals surface area contributed by atoms with Gasteiger partial charge in [-0.15, -0.1) is 0 Å².